The lowest BCUT2D eigenvalue weighted by molar-refractivity contribution is -0.126. The van der Waals surface area contributed by atoms with Crippen LogP contribution in [0.5, 0.6) is 5.75 Å². The van der Waals surface area contributed by atoms with Crippen molar-refractivity contribution in [2.45, 2.75) is 25.9 Å². The number of imidazole rings is 1. The van der Waals surface area contributed by atoms with Gasteiger partial charge in [-0.25, -0.2) is 4.98 Å². The van der Waals surface area contributed by atoms with Crippen molar-refractivity contribution < 1.29 is 9.53 Å². The van der Waals surface area contributed by atoms with Gasteiger partial charge in [0.2, 0.25) is 5.91 Å². The van der Waals surface area contributed by atoms with Crippen LogP contribution in [0.15, 0.2) is 54.9 Å². The zero-order valence-electron chi connectivity index (χ0n) is 18.3. The number of aromatic nitrogens is 2. The largest absolute Gasteiger partial charge is 0.497 e. The van der Waals surface area contributed by atoms with Crippen molar-refractivity contribution in [1.29, 1.82) is 0 Å². The third kappa shape index (κ3) is 5.42. The van der Waals surface area contributed by atoms with Crippen LogP contribution in [0.4, 0.5) is 0 Å². The number of nitrogens with one attached hydrogen (secondary N) is 1. The number of rotatable bonds is 8. The molecule has 31 heavy (non-hydrogen) atoms. The summed E-state index contributed by atoms with van der Waals surface area (Å²) in [5.41, 5.74) is 3.26. The van der Waals surface area contributed by atoms with Crippen molar-refractivity contribution in [3.05, 3.63) is 66.1 Å². The van der Waals surface area contributed by atoms with Gasteiger partial charge in [-0.1, -0.05) is 18.2 Å². The molecule has 0 bridgehead atoms. The fourth-order valence-corrected chi connectivity index (χ4v) is 4.04. The number of carbonyl (C=O) groups excluding carboxylic acids is 1. The molecule has 164 valence electrons. The molecular weight excluding hydrogens is 390 g/mol. The molecule has 2 aromatic heterocycles. The Morgan fingerprint density at radius 1 is 1.13 bits per heavy atom. The Bertz CT molecular complexity index is 960. The second kappa shape index (κ2) is 9.94. The molecule has 1 aliphatic heterocycles. The average Bonchev–Trinajstić information content (AvgIpc) is 3.22. The summed E-state index contributed by atoms with van der Waals surface area (Å²) in [7, 11) is 1.66. The maximum Gasteiger partial charge on any atom is 0.237 e. The lowest BCUT2D eigenvalue weighted by Gasteiger charge is -2.37. The van der Waals surface area contributed by atoms with Gasteiger partial charge in [-0.15, -0.1) is 0 Å². The van der Waals surface area contributed by atoms with Gasteiger partial charge in [-0.3, -0.25) is 14.6 Å². The van der Waals surface area contributed by atoms with E-state index in [1.165, 1.54) is 5.56 Å². The molecule has 1 amide bonds. The molecular formula is C24H31N5O2. The van der Waals surface area contributed by atoms with Gasteiger partial charge in [-0.05, 0) is 43.2 Å². The first-order valence-electron chi connectivity index (χ1n) is 10.9. The third-order valence-electron chi connectivity index (χ3n) is 6.01. The first-order valence-corrected chi connectivity index (χ1v) is 10.9. The molecule has 1 saturated heterocycles. The molecule has 7 heteroatoms. The predicted octanol–water partition coefficient (Wildman–Crippen LogP) is 2.21. The number of pyridine rings is 1. The maximum absolute atomic E-state index is 12.6. The van der Waals surface area contributed by atoms with Crippen LogP contribution < -0.4 is 10.1 Å². The monoisotopic (exact) mass is 421 g/mol. The molecule has 1 atom stereocenters. The standard InChI is InChI=1S/C24H31N5O2/c1-19(24(30)25-11-10-20-6-8-22(31-2)9-7-20)28-15-13-27(14-16-28)17-21-18-29-12-4-3-5-23(29)26-21/h3-9,12,18-19H,10-11,13-17H2,1-2H3,(H,25,30). The lowest BCUT2D eigenvalue weighted by atomic mass is 10.1. The quantitative estimate of drug-likeness (QED) is 0.604. The van der Waals surface area contributed by atoms with Gasteiger partial charge in [-0.2, -0.15) is 0 Å². The molecule has 1 N–H and O–H groups in total. The van der Waals surface area contributed by atoms with E-state index in [-0.39, 0.29) is 11.9 Å². The highest BCUT2D eigenvalue weighted by atomic mass is 16.5. The van der Waals surface area contributed by atoms with Gasteiger partial charge in [0.15, 0.2) is 0 Å². The Morgan fingerprint density at radius 3 is 2.61 bits per heavy atom. The smallest absolute Gasteiger partial charge is 0.237 e. The number of carbonyl (C=O) groups is 1. The molecule has 0 aliphatic carbocycles. The number of hydrogen-bond donors (Lipinski definition) is 1. The van der Waals surface area contributed by atoms with E-state index in [4.69, 9.17) is 9.72 Å². The van der Waals surface area contributed by atoms with Crippen LogP contribution in [0, 0.1) is 0 Å². The Kier molecular flexibility index (Phi) is 6.84. The van der Waals surface area contributed by atoms with E-state index in [0.29, 0.717) is 6.54 Å². The van der Waals surface area contributed by atoms with E-state index in [9.17, 15) is 4.79 Å². The van der Waals surface area contributed by atoms with Gasteiger partial charge in [0.25, 0.3) is 0 Å². The maximum atomic E-state index is 12.6. The number of piperazine rings is 1. The summed E-state index contributed by atoms with van der Waals surface area (Å²) in [6, 6.07) is 13.9. The van der Waals surface area contributed by atoms with E-state index in [2.05, 4.69) is 25.7 Å². The van der Waals surface area contributed by atoms with Crippen LogP contribution in [0.3, 0.4) is 0 Å². The van der Waals surface area contributed by atoms with Gasteiger partial charge in [0, 0.05) is 51.7 Å². The summed E-state index contributed by atoms with van der Waals surface area (Å²) >= 11 is 0. The highest BCUT2D eigenvalue weighted by Gasteiger charge is 2.25. The first kappa shape index (κ1) is 21.3. The molecule has 0 saturated carbocycles. The van der Waals surface area contributed by atoms with Crippen LogP contribution in [-0.2, 0) is 17.8 Å². The minimum absolute atomic E-state index is 0.0994. The van der Waals surface area contributed by atoms with E-state index in [1.807, 2.05) is 55.6 Å². The third-order valence-corrected chi connectivity index (χ3v) is 6.01. The van der Waals surface area contributed by atoms with Gasteiger partial charge < -0.3 is 14.5 Å². The SMILES string of the molecule is COc1ccc(CCNC(=O)C(C)N2CCN(Cc3cn4ccccc4n3)CC2)cc1. The van der Waals surface area contributed by atoms with Crippen molar-refractivity contribution in [3.8, 4) is 5.75 Å². The topological polar surface area (TPSA) is 62.1 Å². The summed E-state index contributed by atoms with van der Waals surface area (Å²) in [6.45, 7) is 7.15. The number of fused-ring (bicyclic) bond motifs is 1. The molecule has 0 radical (unpaired) electrons. The minimum atomic E-state index is -0.117. The van der Waals surface area contributed by atoms with E-state index in [1.54, 1.807) is 7.11 Å². The van der Waals surface area contributed by atoms with E-state index < -0.39 is 0 Å². The normalized spacial score (nSPS) is 16.3. The minimum Gasteiger partial charge on any atom is -0.497 e. The first-order chi connectivity index (χ1) is 15.1. The van der Waals surface area contributed by atoms with Crippen molar-refractivity contribution >= 4 is 11.6 Å². The van der Waals surface area contributed by atoms with Crippen LogP contribution >= 0.6 is 0 Å². The molecule has 7 nitrogen and oxygen atoms in total. The van der Waals surface area contributed by atoms with Crippen molar-refractivity contribution in [2.24, 2.45) is 0 Å². The number of methoxy groups -OCH3 is 1. The number of amides is 1. The van der Waals surface area contributed by atoms with Crippen LogP contribution in [0.25, 0.3) is 5.65 Å². The molecule has 1 unspecified atom stereocenters. The predicted molar refractivity (Wildman–Crippen MR) is 121 cm³/mol. The Morgan fingerprint density at radius 2 is 1.90 bits per heavy atom. The highest BCUT2D eigenvalue weighted by Crippen LogP contribution is 2.13. The second-order valence-corrected chi connectivity index (χ2v) is 8.08. The Labute approximate surface area is 183 Å². The number of hydrogen-bond acceptors (Lipinski definition) is 5. The molecule has 3 aromatic rings. The summed E-state index contributed by atoms with van der Waals surface area (Å²) in [6.07, 6.45) is 4.94. The van der Waals surface area contributed by atoms with Crippen molar-refractivity contribution in [2.75, 3.05) is 39.8 Å². The molecule has 1 aromatic carbocycles. The molecule has 1 aliphatic rings. The van der Waals surface area contributed by atoms with Crippen LogP contribution in [0.2, 0.25) is 0 Å². The summed E-state index contributed by atoms with van der Waals surface area (Å²) in [5, 5.41) is 3.08. The molecule has 1 fully saturated rings. The Hall–Kier alpha value is -2.90. The lowest BCUT2D eigenvalue weighted by Crippen LogP contribution is -2.53. The summed E-state index contributed by atoms with van der Waals surface area (Å²) in [4.78, 5) is 22.0. The fourth-order valence-electron chi connectivity index (χ4n) is 4.04. The van der Waals surface area contributed by atoms with Crippen LogP contribution in [0.1, 0.15) is 18.2 Å². The molecule has 0 spiro atoms. The summed E-state index contributed by atoms with van der Waals surface area (Å²) in [5.74, 6) is 0.948. The number of benzene rings is 1. The van der Waals surface area contributed by atoms with Crippen molar-refractivity contribution in [3.63, 3.8) is 0 Å². The molecule has 4 rings (SSSR count). The van der Waals surface area contributed by atoms with Gasteiger partial charge in [0.05, 0.1) is 18.8 Å². The van der Waals surface area contributed by atoms with Crippen LogP contribution in [-0.4, -0.2) is 71.0 Å². The summed E-state index contributed by atoms with van der Waals surface area (Å²) < 4.78 is 7.24. The number of nitrogens with zero attached hydrogens (tertiary/aromatic N) is 4. The van der Waals surface area contributed by atoms with E-state index >= 15 is 0 Å². The highest BCUT2D eigenvalue weighted by molar-refractivity contribution is 5.81. The second-order valence-electron chi connectivity index (χ2n) is 8.08. The van der Waals surface area contributed by atoms with E-state index in [0.717, 1.165) is 56.2 Å². The number of ether oxygens (including phenoxy) is 1. The fraction of sp³-hybridized carbons (Fsp3) is 0.417. The van der Waals surface area contributed by atoms with Gasteiger partial charge >= 0.3 is 0 Å². The Balaban J connectivity index is 1.20. The zero-order chi connectivity index (χ0) is 21.6. The van der Waals surface area contributed by atoms with Gasteiger partial charge in [0.1, 0.15) is 11.4 Å². The zero-order valence-corrected chi connectivity index (χ0v) is 18.3. The molecule has 3 heterocycles. The average molecular weight is 422 g/mol. The van der Waals surface area contributed by atoms with Crippen molar-refractivity contribution in [1.82, 2.24) is 24.5 Å².